The lowest BCUT2D eigenvalue weighted by atomic mass is 9.81. The van der Waals surface area contributed by atoms with Crippen LogP contribution in [0.4, 0.5) is 4.39 Å². The van der Waals surface area contributed by atoms with Gasteiger partial charge in [-0.25, -0.2) is 4.39 Å². The van der Waals surface area contributed by atoms with E-state index in [1.807, 2.05) is 0 Å². The van der Waals surface area contributed by atoms with Crippen LogP contribution in [0.1, 0.15) is 37.7 Å². The van der Waals surface area contributed by atoms with Crippen molar-refractivity contribution >= 4 is 18.3 Å². The molecule has 0 heterocycles. The molecule has 2 rings (SSSR count). The van der Waals surface area contributed by atoms with Gasteiger partial charge < -0.3 is 10.6 Å². The summed E-state index contributed by atoms with van der Waals surface area (Å²) in [5.74, 6) is -0.194. The third kappa shape index (κ3) is 4.68. The molecule has 1 aliphatic rings. The van der Waals surface area contributed by atoms with Crippen molar-refractivity contribution in [2.75, 3.05) is 13.6 Å². The van der Waals surface area contributed by atoms with Crippen molar-refractivity contribution in [1.82, 2.24) is 4.90 Å². The quantitative estimate of drug-likeness (QED) is 0.929. The van der Waals surface area contributed by atoms with Gasteiger partial charge in [0.2, 0.25) is 5.91 Å². The number of carbonyl (C=O) groups is 1. The van der Waals surface area contributed by atoms with Crippen LogP contribution in [0, 0.1) is 5.82 Å². The third-order valence-corrected chi connectivity index (χ3v) is 4.17. The highest BCUT2D eigenvalue weighted by Crippen LogP contribution is 2.27. The van der Waals surface area contributed by atoms with Gasteiger partial charge >= 0.3 is 0 Å². The van der Waals surface area contributed by atoms with E-state index in [0.717, 1.165) is 37.7 Å². The van der Waals surface area contributed by atoms with E-state index in [1.165, 1.54) is 18.6 Å². The second-order valence-corrected chi connectivity index (χ2v) is 5.82. The molecule has 1 amide bonds. The minimum Gasteiger partial charge on any atom is -0.344 e. The van der Waals surface area contributed by atoms with Crippen molar-refractivity contribution < 1.29 is 9.18 Å². The van der Waals surface area contributed by atoms with E-state index < -0.39 is 5.54 Å². The van der Waals surface area contributed by atoms with Crippen LogP contribution >= 0.6 is 12.4 Å². The van der Waals surface area contributed by atoms with E-state index >= 15 is 0 Å². The maximum absolute atomic E-state index is 12.8. The fourth-order valence-electron chi connectivity index (χ4n) is 2.83. The number of nitrogens with zero attached hydrogens (tertiary/aromatic N) is 1. The van der Waals surface area contributed by atoms with Crippen molar-refractivity contribution in [3.63, 3.8) is 0 Å². The van der Waals surface area contributed by atoms with Crippen molar-refractivity contribution in [3.05, 3.63) is 35.6 Å². The summed E-state index contributed by atoms with van der Waals surface area (Å²) in [6, 6.07) is 6.41. The summed E-state index contributed by atoms with van der Waals surface area (Å²) in [7, 11) is 1.80. The van der Waals surface area contributed by atoms with Crippen LogP contribution < -0.4 is 5.73 Å². The Kier molecular flexibility index (Phi) is 6.62. The summed E-state index contributed by atoms with van der Waals surface area (Å²) in [5, 5.41) is 0. The summed E-state index contributed by atoms with van der Waals surface area (Å²) in [6.07, 6.45) is 5.53. The van der Waals surface area contributed by atoms with Crippen molar-refractivity contribution in [2.45, 2.75) is 44.1 Å². The maximum Gasteiger partial charge on any atom is 0.242 e. The topological polar surface area (TPSA) is 46.3 Å². The number of hydrogen-bond acceptors (Lipinski definition) is 2. The third-order valence-electron chi connectivity index (χ3n) is 4.17. The molecule has 0 unspecified atom stereocenters. The van der Waals surface area contributed by atoms with E-state index in [-0.39, 0.29) is 24.1 Å². The molecule has 1 aliphatic carbocycles. The van der Waals surface area contributed by atoms with Gasteiger partial charge in [-0.1, -0.05) is 31.4 Å². The smallest absolute Gasteiger partial charge is 0.242 e. The van der Waals surface area contributed by atoms with E-state index in [2.05, 4.69) is 0 Å². The molecule has 0 aliphatic heterocycles. The van der Waals surface area contributed by atoms with E-state index in [4.69, 9.17) is 5.73 Å². The molecule has 118 valence electrons. The average molecular weight is 315 g/mol. The van der Waals surface area contributed by atoms with Gasteiger partial charge in [0.15, 0.2) is 0 Å². The first kappa shape index (κ1) is 17.9. The van der Waals surface area contributed by atoms with Gasteiger partial charge in [0, 0.05) is 13.6 Å². The normalized spacial score (nSPS) is 16.9. The Morgan fingerprint density at radius 3 is 2.38 bits per heavy atom. The summed E-state index contributed by atoms with van der Waals surface area (Å²) >= 11 is 0. The predicted molar refractivity (Wildman–Crippen MR) is 85.0 cm³/mol. The number of amides is 1. The van der Waals surface area contributed by atoms with E-state index in [1.54, 1.807) is 24.1 Å². The maximum atomic E-state index is 12.8. The summed E-state index contributed by atoms with van der Waals surface area (Å²) in [6.45, 7) is 0.614. The highest BCUT2D eigenvalue weighted by atomic mass is 35.5. The van der Waals surface area contributed by atoms with Crippen LogP contribution in [0.15, 0.2) is 24.3 Å². The molecule has 0 radical (unpaired) electrons. The van der Waals surface area contributed by atoms with Gasteiger partial charge in [-0.2, -0.15) is 0 Å². The predicted octanol–water partition coefficient (Wildman–Crippen LogP) is 2.91. The first-order chi connectivity index (χ1) is 9.51. The van der Waals surface area contributed by atoms with Crippen LogP contribution in [0.25, 0.3) is 0 Å². The van der Waals surface area contributed by atoms with Gasteiger partial charge in [-0.05, 0) is 37.0 Å². The molecule has 0 bridgehead atoms. The molecule has 21 heavy (non-hydrogen) atoms. The lowest BCUT2D eigenvalue weighted by molar-refractivity contribution is -0.136. The van der Waals surface area contributed by atoms with Crippen LogP contribution in [0.3, 0.4) is 0 Å². The van der Waals surface area contributed by atoms with Crippen LogP contribution in [0.2, 0.25) is 0 Å². The lowest BCUT2D eigenvalue weighted by Crippen LogP contribution is -2.55. The average Bonchev–Trinajstić information content (AvgIpc) is 2.46. The fourth-order valence-corrected chi connectivity index (χ4v) is 2.83. The van der Waals surface area contributed by atoms with Crippen molar-refractivity contribution in [1.29, 1.82) is 0 Å². The minimum absolute atomic E-state index is 0. The Bertz CT molecular complexity index is 458. The van der Waals surface area contributed by atoms with E-state index in [0.29, 0.717) is 6.54 Å². The van der Waals surface area contributed by atoms with Crippen LogP contribution in [-0.2, 0) is 11.2 Å². The molecule has 5 heteroatoms. The van der Waals surface area contributed by atoms with Gasteiger partial charge in [0.25, 0.3) is 0 Å². The van der Waals surface area contributed by atoms with Gasteiger partial charge in [0.1, 0.15) is 5.82 Å². The van der Waals surface area contributed by atoms with Crippen molar-refractivity contribution in [2.24, 2.45) is 5.73 Å². The second kappa shape index (κ2) is 7.76. The molecule has 1 fully saturated rings. The van der Waals surface area contributed by atoms with Crippen LogP contribution in [0.5, 0.6) is 0 Å². The largest absolute Gasteiger partial charge is 0.344 e. The zero-order valence-electron chi connectivity index (χ0n) is 12.5. The molecule has 2 N–H and O–H groups in total. The summed E-state index contributed by atoms with van der Waals surface area (Å²) < 4.78 is 12.8. The van der Waals surface area contributed by atoms with Gasteiger partial charge in [0.05, 0.1) is 5.54 Å². The Hall–Kier alpha value is -1.13. The van der Waals surface area contributed by atoms with Crippen molar-refractivity contribution in [3.8, 4) is 0 Å². The minimum atomic E-state index is -0.671. The Balaban J connectivity index is 0.00000220. The number of likely N-dealkylation sites (N-methyl/N-ethyl adjacent to an activating group) is 1. The Morgan fingerprint density at radius 2 is 1.81 bits per heavy atom. The zero-order chi connectivity index (χ0) is 14.6. The number of halogens is 2. The lowest BCUT2D eigenvalue weighted by Gasteiger charge is -2.35. The van der Waals surface area contributed by atoms with Crippen LogP contribution in [-0.4, -0.2) is 29.9 Å². The number of rotatable bonds is 4. The van der Waals surface area contributed by atoms with Gasteiger partial charge in [-0.15, -0.1) is 12.4 Å². The molecule has 1 saturated carbocycles. The SMILES string of the molecule is CN(CCc1ccc(F)cc1)C(=O)C1(N)CCCCC1.Cl. The molecular weight excluding hydrogens is 291 g/mol. The molecule has 3 nitrogen and oxygen atoms in total. The Morgan fingerprint density at radius 1 is 1.24 bits per heavy atom. The molecular formula is C16H24ClFN2O. The van der Waals surface area contributed by atoms with E-state index in [9.17, 15) is 9.18 Å². The fraction of sp³-hybridized carbons (Fsp3) is 0.562. The molecule has 0 saturated heterocycles. The number of hydrogen-bond donors (Lipinski definition) is 1. The highest BCUT2D eigenvalue weighted by molar-refractivity contribution is 5.86. The number of nitrogens with two attached hydrogens (primary N) is 1. The molecule has 0 spiro atoms. The Labute approximate surface area is 132 Å². The molecule has 1 aromatic carbocycles. The summed E-state index contributed by atoms with van der Waals surface area (Å²) in [5.41, 5.74) is 6.61. The monoisotopic (exact) mass is 314 g/mol. The number of benzene rings is 1. The summed E-state index contributed by atoms with van der Waals surface area (Å²) in [4.78, 5) is 14.2. The van der Waals surface area contributed by atoms with Gasteiger partial charge in [-0.3, -0.25) is 4.79 Å². The first-order valence-electron chi connectivity index (χ1n) is 7.30. The molecule has 0 aromatic heterocycles. The highest BCUT2D eigenvalue weighted by Gasteiger charge is 2.36. The molecule has 0 atom stereocenters. The number of carbonyl (C=O) groups excluding carboxylic acids is 1. The zero-order valence-corrected chi connectivity index (χ0v) is 13.3. The first-order valence-corrected chi connectivity index (χ1v) is 7.30. The molecule has 1 aromatic rings. The standard InChI is InChI=1S/C16H23FN2O.ClH/c1-19(12-9-13-5-7-14(17)8-6-13)15(20)16(18)10-3-2-4-11-16;/h5-8H,2-4,9-12,18H2,1H3;1H. The second-order valence-electron chi connectivity index (χ2n) is 5.82.